The molecule has 5 rings (SSSR count). The van der Waals surface area contributed by atoms with Crippen LogP contribution in [0.15, 0.2) is 30.5 Å². The van der Waals surface area contributed by atoms with Gasteiger partial charge < -0.3 is 20.9 Å². The Bertz CT molecular complexity index is 1010. The Balaban J connectivity index is 1.53. The fraction of sp³-hybridized carbons (Fsp3) is 0.522. The molecule has 2 aromatic rings. The van der Waals surface area contributed by atoms with E-state index in [9.17, 15) is 14.3 Å². The largest absolute Gasteiger partial charge is 0.394 e. The highest BCUT2D eigenvalue weighted by atomic mass is 32.2. The molecule has 9 heteroatoms. The minimum Gasteiger partial charge on any atom is -0.394 e. The smallest absolute Gasteiger partial charge is 0.227 e. The predicted octanol–water partition coefficient (Wildman–Crippen LogP) is 2.82. The van der Waals surface area contributed by atoms with E-state index in [-0.39, 0.29) is 48.9 Å². The molecule has 6 atom stereocenters. The van der Waals surface area contributed by atoms with Crippen LogP contribution < -0.4 is 11.1 Å². The van der Waals surface area contributed by atoms with Crippen molar-refractivity contribution in [3.63, 3.8) is 0 Å². The van der Waals surface area contributed by atoms with Crippen molar-refractivity contribution in [1.82, 2.24) is 9.97 Å². The normalized spacial score (nSPS) is 31.1. The molecule has 6 bridgehead atoms. The standard InChI is InChI=1S/C23H27FN4O3S/c24-17-10-26-23-27-14-3-1-2-12(6-14)19(31-5-4-29)11-32-20-8-13-7-15(20)16(9-18(17)28-23)21(13)22(25)30/h1-3,6,10,13,15-16,19-21,29H,4-5,7-9,11H2,(H2,25,30)(H,26,27,28)/t13-,15-,16+,19?,20+,21-/m0/s1. The van der Waals surface area contributed by atoms with Crippen LogP contribution in [-0.4, -0.2) is 45.2 Å². The number of thioether (sulfide) groups is 1. The molecule has 4 N–H and O–H groups in total. The zero-order chi connectivity index (χ0) is 22.2. The Morgan fingerprint density at radius 3 is 3.03 bits per heavy atom. The molecule has 2 saturated carbocycles. The van der Waals surface area contributed by atoms with Crippen molar-refractivity contribution in [2.75, 3.05) is 24.3 Å². The first-order valence-electron chi connectivity index (χ1n) is 11.0. The SMILES string of the molecule is NC(=O)[C@H]1[C@H]2C[C@H]3[C@H]1Cc1nc(ncc1F)Nc1cccc(c1)C(OCCO)CS[C@@H]3C2. The van der Waals surface area contributed by atoms with Gasteiger partial charge in [0.2, 0.25) is 11.9 Å². The molecule has 7 nitrogen and oxygen atoms in total. The lowest BCUT2D eigenvalue weighted by Crippen LogP contribution is -2.39. The lowest BCUT2D eigenvalue weighted by Gasteiger charge is -2.34. The fourth-order valence-corrected chi connectivity index (χ4v) is 7.42. The van der Waals surface area contributed by atoms with Gasteiger partial charge in [0, 0.05) is 22.6 Å². The number of nitrogens with one attached hydrogen (secondary N) is 1. The van der Waals surface area contributed by atoms with Gasteiger partial charge in [-0.25, -0.2) is 14.4 Å². The quantitative estimate of drug-likeness (QED) is 0.646. The average molecular weight is 459 g/mol. The van der Waals surface area contributed by atoms with E-state index in [2.05, 4.69) is 15.3 Å². The highest BCUT2D eigenvalue weighted by Crippen LogP contribution is 2.57. The van der Waals surface area contributed by atoms with Crippen LogP contribution in [0, 0.1) is 29.5 Å². The molecule has 1 amide bonds. The van der Waals surface area contributed by atoms with Crippen LogP contribution in [-0.2, 0) is 16.0 Å². The van der Waals surface area contributed by atoms with Gasteiger partial charge in [0.25, 0.3) is 0 Å². The minimum absolute atomic E-state index is 0.0291. The first-order valence-corrected chi connectivity index (χ1v) is 12.1. The van der Waals surface area contributed by atoms with E-state index in [0.717, 1.165) is 29.8 Å². The van der Waals surface area contributed by atoms with Crippen LogP contribution in [0.1, 0.15) is 30.2 Å². The number of carbonyl (C=O) groups is 1. The molecule has 1 aliphatic heterocycles. The molecule has 0 saturated heterocycles. The number of ether oxygens (including phenoxy) is 1. The maximum Gasteiger partial charge on any atom is 0.227 e. The van der Waals surface area contributed by atoms with Gasteiger partial charge in [-0.2, -0.15) is 11.8 Å². The fourth-order valence-electron chi connectivity index (χ4n) is 5.77. The number of nitrogens with two attached hydrogens (primary N) is 1. The topological polar surface area (TPSA) is 110 Å². The van der Waals surface area contributed by atoms with Crippen molar-refractivity contribution in [3.05, 3.63) is 47.5 Å². The molecule has 1 unspecified atom stereocenters. The van der Waals surface area contributed by atoms with Gasteiger partial charge in [-0.15, -0.1) is 0 Å². The number of anilines is 2. The van der Waals surface area contributed by atoms with Crippen molar-refractivity contribution in [1.29, 1.82) is 0 Å². The first kappa shape index (κ1) is 21.6. The molecule has 0 spiro atoms. The summed E-state index contributed by atoms with van der Waals surface area (Å²) in [4.78, 5) is 20.9. The second kappa shape index (κ2) is 8.96. The van der Waals surface area contributed by atoms with Gasteiger partial charge in [0.1, 0.15) is 0 Å². The summed E-state index contributed by atoms with van der Waals surface area (Å²) in [5.41, 5.74) is 7.88. The number of aromatic nitrogens is 2. The van der Waals surface area contributed by atoms with Gasteiger partial charge >= 0.3 is 0 Å². The van der Waals surface area contributed by atoms with E-state index in [4.69, 9.17) is 10.5 Å². The van der Waals surface area contributed by atoms with E-state index in [1.807, 2.05) is 36.0 Å². The van der Waals surface area contributed by atoms with Gasteiger partial charge in [0.05, 0.1) is 31.2 Å². The van der Waals surface area contributed by atoms with Gasteiger partial charge in [-0.1, -0.05) is 12.1 Å². The van der Waals surface area contributed by atoms with Crippen molar-refractivity contribution in [3.8, 4) is 0 Å². The molecule has 170 valence electrons. The lowest BCUT2D eigenvalue weighted by atomic mass is 9.76. The number of primary amides is 1. The Morgan fingerprint density at radius 2 is 2.22 bits per heavy atom. The lowest BCUT2D eigenvalue weighted by molar-refractivity contribution is -0.125. The summed E-state index contributed by atoms with van der Waals surface area (Å²) in [6, 6.07) is 7.81. The van der Waals surface area contributed by atoms with E-state index in [1.54, 1.807) is 0 Å². The van der Waals surface area contributed by atoms with Gasteiger partial charge in [0.15, 0.2) is 5.82 Å². The van der Waals surface area contributed by atoms with E-state index in [0.29, 0.717) is 23.3 Å². The average Bonchev–Trinajstić information content (AvgIpc) is 3.34. The third-order valence-electron chi connectivity index (χ3n) is 7.07. The molecule has 1 aromatic carbocycles. The van der Waals surface area contributed by atoms with E-state index >= 15 is 0 Å². The Morgan fingerprint density at radius 1 is 1.34 bits per heavy atom. The molecule has 3 aliphatic rings. The van der Waals surface area contributed by atoms with Crippen LogP contribution in [0.25, 0.3) is 0 Å². The number of aliphatic hydroxyl groups is 1. The highest BCUT2D eigenvalue weighted by Gasteiger charge is 2.54. The maximum atomic E-state index is 14.6. The number of hydrogen-bond acceptors (Lipinski definition) is 7. The van der Waals surface area contributed by atoms with Crippen LogP contribution in [0.4, 0.5) is 16.0 Å². The molecule has 2 aliphatic carbocycles. The van der Waals surface area contributed by atoms with Crippen LogP contribution in [0.5, 0.6) is 0 Å². The van der Waals surface area contributed by atoms with Crippen molar-refractivity contribution in [2.45, 2.75) is 30.6 Å². The number of fused-ring (bicyclic) bond motifs is 5. The third-order valence-corrected chi connectivity index (χ3v) is 8.53. The molecule has 2 fully saturated rings. The Labute approximate surface area is 190 Å². The summed E-state index contributed by atoms with van der Waals surface area (Å²) in [5.74, 6) is 0.539. The van der Waals surface area contributed by atoms with Crippen molar-refractivity contribution >= 4 is 29.3 Å². The number of nitrogens with zero attached hydrogens (tertiary/aromatic N) is 2. The van der Waals surface area contributed by atoms with Gasteiger partial charge in [-0.05, 0) is 54.7 Å². The van der Waals surface area contributed by atoms with E-state index < -0.39 is 5.82 Å². The predicted molar refractivity (Wildman–Crippen MR) is 120 cm³/mol. The van der Waals surface area contributed by atoms with Crippen molar-refractivity contribution in [2.24, 2.45) is 29.4 Å². The molecule has 32 heavy (non-hydrogen) atoms. The summed E-state index contributed by atoms with van der Waals surface area (Å²) >= 11 is 1.85. The zero-order valence-corrected chi connectivity index (χ0v) is 18.4. The van der Waals surface area contributed by atoms with Crippen LogP contribution >= 0.6 is 11.8 Å². The van der Waals surface area contributed by atoms with Crippen LogP contribution in [0.2, 0.25) is 0 Å². The Kier molecular flexibility index (Phi) is 6.05. The molecular weight excluding hydrogens is 431 g/mol. The zero-order valence-electron chi connectivity index (χ0n) is 17.6. The number of hydrogen-bond donors (Lipinski definition) is 3. The number of amides is 1. The molecule has 1 aromatic heterocycles. The third kappa shape index (κ3) is 4.09. The number of carbonyl (C=O) groups excluding carboxylic acids is 1. The molecular formula is C23H27FN4O3S. The summed E-state index contributed by atoms with van der Waals surface area (Å²) in [6.45, 7) is 0.220. The Hall–Kier alpha value is -2.23. The molecule has 0 radical (unpaired) electrons. The highest BCUT2D eigenvalue weighted by molar-refractivity contribution is 7.99. The minimum atomic E-state index is -0.455. The number of aliphatic hydroxyl groups excluding tert-OH is 1. The second-order valence-corrected chi connectivity index (χ2v) is 10.2. The van der Waals surface area contributed by atoms with Gasteiger partial charge in [-0.3, -0.25) is 4.79 Å². The van der Waals surface area contributed by atoms with Crippen molar-refractivity contribution < 1.29 is 19.0 Å². The summed E-state index contributed by atoms with van der Waals surface area (Å²) in [5, 5.41) is 12.8. The number of benzene rings is 1. The monoisotopic (exact) mass is 458 g/mol. The summed E-state index contributed by atoms with van der Waals surface area (Å²) in [7, 11) is 0. The number of rotatable bonds is 4. The maximum absolute atomic E-state index is 14.6. The van der Waals surface area contributed by atoms with Crippen LogP contribution in [0.3, 0.4) is 0 Å². The van der Waals surface area contributed by atoms with E-state index in [1.165, 1.54) is 6.20 Å². The summed E-state index contributed by atoms with van der Waals surface area (Å²) in [6.07, 6.45) is 3.26. The summed E-state index contributed by atoms with van der Waals surface area (Å²) < 4.78 is 20.6. The number of halogens is 1. The molecule has 2 heterocycles. The first-order chi connectivity index (χ1) is 15.5. The second-order valence-electron chi connectivity index (χ2n) is 8.88.